The predicted octanol–water partition coefficient (Wildman–Crippen LogP) is 3.83. The van der Waals surface area contributed by atoms with Gasteiger partial charge in [0.05, 0.1) is 12.2 Å². The van der Waals surface area contributed by atoms with Crippen LogP contribution in [0, 0.1) is 12.8 Å². The molecular weight excluding hydrogens is 318 g/mol. The third-order valence-electron chi connectivity index (χ3n) is 3.31. The van der Waals surface area contributed by atoms with E-state index in [2.05, 4.69) is 5.32 Å². The van der Waals surface area contributed by atoms with Gasteiger partial charge in [-0.2, -0.15) is 0 Å². The first-order valence-corrected chi connectivity index (χ1v) is 8.20. The van der Waals surface area contributed by atoms with Crippen LogP contribution < -0.4 is 10.1 Å². The van der Waals surface area contributed by atoms with Gasteiger partial charge in [0.1, 0.15) is 5.75 Å². The van der Waals surface area contributed by atoms with E-state index in [-0.39, 0.29) is 24.4 Å². The maximum absolute atomic E-state index is 11.9. The van der Waals surface area contributed by atoms with Gasteiger partial charge in [-0.3, -0.25) is 4.79 Å². The van der Waals surface area contributed by atoms with E-state index in [1.807, 2.05) is 39.0 Å². The fraction of sp³-hybridized carbons (Fsp3) is 0.300. The van der Waals surface area contributed by atoms with Gasteiger partial charge in [-0.05, 0) is 54.8 Å². The number of hydrogen-bond donors (Lipinski definition) is 1. The smallest absolute Gasteiger partial charge is 0.338 e. The maximum Gasteiger partial charge on any atom is 0.338 e. The highest BCUT2D eigenvalue weighted by atomic mass is 16.5. The van der Waals surface area contributed by atoms with Crippen molar-refractivity contribution in [3.63, 3.8) is 0 Å². The Morgan fingerprint density at radius 3 is 2.44 bits per heavy atom. The van der Waals surface area contributed by atoms with Crippen LogP contribution in [0.15, 0.2) is 48.5 Å². The number of esters is 1. The Morgan fingerprint density at radius 2 is 1.80 bits per heavy atom. The van der Waals surface area contributed by atoms with E-state index < -0.39 is 0 Å². The first kappa shape index (κ1) is 18.5. The molecule has 2 rings (SSSR count). The van der Waals surface area contributed by atoms with Crippen LogP contribution in [-0.4, -0.2) is 25.1 Å². The molecule has 0 saturated heterocycles. The van der Waals surface area contributed by atoms with Crippen molar-refractivity contribution in [2.24, 2.45) is 5.92 Å². The van der Waals surface area contributed by atoms with Gasteiger partial charge < -0.3 is 14.8 Å². The summed E-state index contributed by atoms with van der Waals surface area (Å²) >= 11 is 0. The SMILES string of the molecule is Cc1cccc(OCC(=O)Nc2ccc(C(=O)OCC(C)C)cc2)c1. The predicted molar refractivity (Wildman–Crippen MR) is 96.9 cm³/mol. The van der Waals surface area contributed by atoms with Crippen LogP contribution >= 0.6 is 0 Å². The van der Waals surface area contributed by atoms with Gasteiger partial charge in [0.15, 0.2) is 6.61 Å². The second-order valence-electron chi connectivity index (χ2n) is 6.22. The lowest BCUT2D eigenvalue weighted by Gasteiger charge is -2.09. The lowest BCUT2D eigenvalue weighted by atomic mass is 10.2. The van der Waals surface area contributed by atoms with Crippen molar-refractivity contribution < 1.29 is 19.1 Å². The number of benzene rings is 2. The van der Waals surface area contributed by atoms with Crippen molar-refractivity contribution >= 4 is 17.6 Å². The van der Waals surface area contributed by atoms with Gasteiger partial charge in [0.2, 0.25) is 0 Å². The quantitative estimate of drug-likeness (QED) is 0.778. The van der Waals surface area contributed by atoms with Crippen LogP contribution in [0.25, 0.3) is 0 Å². The highest BCUT2D eigenvalue weighted by Gasteiger charge is 2.09. The fourth-order valence-electron chi connectivity index (χ4n) is 2.07. The summed E-state index contributed by atoms with van der Waals surface area (Å²) in [5.41, 5.74) is 2.12. The second kappa shape index (κ2) is 8.87. The van der Waals surface area contributed by atoms with E-state index >= 15 is 0 Å². The summed E-state index contributed by atoms with van der Waals surface area (Å²) in [4.78, 5) is 23.8. The summed E-state index contributed by atoms with van der Waals surface area (Å²) in [6.45, 7) is 6.21. The molecule has 0 aliphatic heterocycles. The zero-order valence-corrected chi connectivity index (χ0v) is 14.7. The zero-order valence-electron chi connectivity index (χ0n) is 14.7. The molecule has 2 aromatic rings. The van der Waals surface area contributed by atoms with Gasteiger partial charge in [-0.15, -0.1) is 0 Å². The Morgan fingerprint density at radius 1 is 1.08 bits per heavy atom. The van der Waals surface area contributed by atoms with E-state index in [1.54, 1.807) is 30.3 Å². The fourth-order valence-corrected chi connectivity index (χ4v) is 2.07. The highest BCUT2D eigenvalue weighted by Crippen LogP contribution is 2.13. The van der Waals surface area contributed by atoms with E-state index in [0.29, 0.717) is 23.6 Å². The maximum atomic E-state index is 11.9. The Kier molecular flexibility index (Phi) is 6.57. The minimum absolute atomic E-state index is 0.0817. The molecule has 0 aliphatic carbocycles. The van der Waals surface area contributed by atoms with E-state index in [0.717, 1.165) is 5.56 Å². The molecule has 0 fully saturated rings. The number of ether oxygens (including phenoxy) is 2. The summed E-state index contributed by atoms with van der Waals surface area (Å²) in [6.07, 6.45) is 0. The van der Waals surface area contributed by atoms with Crippen LogP contribution in [0.2, 0.25) is 0 Å². The number of nitrogens with one attached hydrogen (secondary N) is 1. The average Bonchev–Trinajstić information content (AvgIpc) is 2.58. The molecular formula is C20H23NO4. The minimum Gasteiger partial charge on any atom is -0.484 e. The Bertz CT molecular complexity index is 723. The topological polar surface area (TPSA) is 64.6 Å². The Hall–Kier alpha value is -2.82. The van der Waals surface area contributed by atoms with Crippen molar-refractivity contribution in [1.82, 2.24) is 0 Å². The molecule has 1 amide bonds. The normalized spacial score (nSPS) is 10.4. The number of carbonyl (C=O) groups is 2. The Balaban J connectivity index is 1.83. The second-order valence-corrected chi connectivity index (χ2v) is 6.22. The van der Waals surface area contributed by atoms with Crippen LogP contribution in [0.4, 0.5) is 5.69 Å². The average molecular weight is 341 g/mol. The molecule has 0 bridgehead atoms. The molecule has 5 nitrogen and oxygen atoms in total. The van der Waals surface area contributed by atoms with Gasteiger partial charge in [0.25, 0.3) is 5.91 Å². The first-order chi connectivity index (χ1) is 11.9. The van der Waals surface area contributed by atoms with E-state index in [4.69, 9.17) is 9.47 Å². The van der Waals surface area contributed by atoms with E-state index in [1.165, 1.54) is 0 Å². The number of rotatable bonds is 7. The standard InChI is InChI=1S/C20H23NO4/c1-14(2)12-25-20(23)16-7-9-17(10-8-16)21-19(22)13-24-18-6-4-5-15(3)11-18/h4-11,14H,12-13H2,1-3H3,(H,21,22). The number of anilines is 1. The summed E-state index contributed by atoms with van der Waals surface area (Å²) in [6, 6.07) is 14.1. The number of amides is 1. The number of aryl methyl sites for hydroxylation is 1. The largest absolute Gasteiger partial charge is 0.484 e. The first-order valence-electron chi connectivity index (χ1n) is 8.20. The molecule has 0 heterocycles. The molecule has 1 N–H and O–H groups in total. The van der Waals surface area contributed by atoms with E-state index in [9.17, 15) is 9.59 Å². The number of hydrogen-bond acceptors (Lipinski definition) is 4. The third-order valence-corrected chi connectivity index (χ3v) is 3.31. The molecule has 132 valence electrons. The van der Waals surface area contributed by atoms with Crippen molar-refractivity contribution in [1.29, 1.82) is 0 Å². The molecule has 0 aromatic heterocycles. The van der Waals surface area contributed by atoms with Crippen molar-refractivity contribution in [2.75, 3.05) is 18.5 Å². The molecule has 25 heavy (non-hydrogen) atoms. The summed E-state index contributed by atoms with van der Waals surface area (Å²) in [5, 5.41) is 2.73. The lowest BCUT2D eigenvalue weighted by Crippen LogP contribution is -2.20. The van der Waals surface area contributed by atoms with Crippen molar-refractivity contribution in [3.05, 3.63) is 59.7 Å². The van der Waals surface area contributed by atoms with Crippen LogP contribution in [0.1, 0.15) is 29.8 Å². The molecule has 0 atom stereocenters. The van der Waals surface area contributed by atoms with Gasteiger partial charge >= 0.3 is 5.97 Å². The number of carbonyl (C=O) groups excluding carboxylic acids is 2. The van der Waals surface area contributed by atoms with Gasteiger partial charge in [-0.1, -0.05) is 26.0 Å². The monoisotopic (exact) mass is 341 g/mol. The highest BCUT2D eigenvalue weighted by molar-refractivity contribution is 5.93. The Labute approximate surface area is 148 Å². The minimum atomic E-state index is -0.366. The molecule has 0 unspecified atom stereocenters. The summed E-state index contributed by atoms with van der Waals surface area (Å²) < 4.78 is 10.6. The molecule has 5 heteroatoms. The van der Waals surface area contributed by atoms with Crippen LogP contribution in [0.3, 0.4) is 0 Å². The summed E-state index contributed by atoms with van der Waals surface area (Å²) in [5.74, 6) is 0.306. The van der Waals surface area contributed by atoms with Crippen molar-refractivity contribution in [2.45, 2.75) is 20.8 Å². The third kappa shape index (κ3) is 6.30. The molecule has 0 aliphatic rings. The van der Waals surface area contributed by atoms with Gasteiger partial charge in [0, 0.05) is 5.69 Å². The lowest BCUT2D eigenvalue weighted by molar-refractivity contribution is -0.118. The molecule has 0 radical (unpaired) electrons. The molecule has 2 aromatic carbocycles. The summed E-state index contributed by atoms with van der Waals surface area (Å²) in [7, 11) is 0. The van der Waals surface area contributed by atoms with Crippen LogP contribution in [-0.2, 0) is 9.53 Å². The zero-order chi connectivity index (χ0) is 18.2. The molecule has 0 saturated carbocycles. The van der Waals surface area contributed by atoms with Gasteiger partial charge in [-0.25, -0.2) is 4.79 Å². The molecule has 0 spiro atoms. The van der Waals surface area contributed by atoms with Crippen LogP contribution in [0.5, 0.6) is 5.75 Å². The van der Waals surface area contributed by atoms with Crippen molar-refractivity contribution in [3.8, 4) is 5.75 Å².